The Morgan fingerprint density at radius 3 is 2.73 bits per heavy atom. The fourth-order valence-corrected chi connectivity index (χ4v) is 5.33. The second-order valence-corrected chi connectivity index (χ2v) is 9.35. The molecule has 6 nitrogen and oxygen atoms in total. The summed E-state index contributed by atoms with van der Waals surface area (Å²) < 4.78 is 2.15. The Morgan fingerprint density at radius 1 is 1.40 bits per heavy atom. The van der Waals surface area contributed by atoms with E-state index in [0.717, 1.165) is 37.3 Å². The van der Waals surface area contributed by atoms with Gasteiger partial charge in [-0.2, -0.15) is 5.26 Å². The summed E-state index contributed by atoms with van der Waals surface area (Å²) in [4.78, 5) is 30.2. The van der Waals surface area contributed by atoms with Crippen LogP contribution in [0, 0.1) is 24.2 Å². The normalized spacial score (nSPS) is 20.7. The van der Waals surface area contributed by atoms with Gasteiger partial charge in [0.1, 0.15) is 21.8 Å². The van der Waals surface area contributed by atoms with Crippen LogP contribution in [0.2, 0.25) is 0 Å². The van der Waals surface area contributed by atoms with E-state index in [4.69, 9.17) is 12.2 Å². The number of carbonyl (C=O) groups excluding carboxylic acids is 1. The molecule has 1 aromatic rings. The molecule has 0 bridgehead atoms. The van der Waals surface area contributed by atoms with E-state index in [2.05, 4.69) is 24.5 Å². The third kappa shape index (κ3) is 3.96. The first-order chi connectivity index (χ1) is 14.3. The maximum absolute atomic E-state index is 13.0. The van der Waals surface area contributed by atoms with E-state index in [0.29, 0.717) is 33.8 Å². The summed E-state index contributed by atoms with van der Waals surface area (Å²) in [5.74, 6) is 1.13. The molecule has 3 heterocycles. The summed E-state index contributed by atoms with van der Waals surface area (Å²) in [6.07, 6.45) is 5.64. The highest BCUT2D eigenvalue weighted by atomic mass is 32.2. The molecule has 1 unspecified atom stereocenters. The van der Waals surface area contributed by atoms with Gasteiger partial charge in [-0.3, -0.25) is 19.1 Å². The lowest BCUT2D eigenvalue weighted by Crippen LogP contribution is -2.40. The maximum Gasteiger partial charge on any atom is 0.270 e. The quantitative estimate of drug-likeness (QED) is 0.394. The predicted octanol–water partition coefficient (Wildman–Crippen LogP) is 3.67. The number of amides is 1. The largest absolute Gasteiger partial charge is 0.357 e. The van der Waals surface area contributed by atoms with Crippen LogP contribution in [0.3, 0.4) is 0 Å². The molecule has 1 aromatic heterocycles. The minimum Gasteiger partial charge on any atom is -0.357 e. The number of thioether (sulfide) groups is 1. The van der Waals surface area contributed by atoms with Gasteiger partial charge in [0.25, 0.3) is 11.5 Å². The van der Waals surface area contributed by atoms with Crippen LogP contribution < -0.4 is 10.5 Å². The number of anilines is 1. The molecule has 0 aliphatic carbocycles. The molecule has 0 radical (unpaired) electrons. The third-order valence-corrected chi connectivity index (χ3v) is 6.96. The van der Waals surface area contributed by atoms with Crippen LogP contribution in [0.25, 0.3) is 6.08 Å². The van der Waals surface area contributed by atoms with Crippen molar-refractivity contribution in [2.75, 3.05) is 24.5 Å². The lowest BCUT2D eigenvalue weighted by Gasteiger charge is -2.35. The van der Waals surface area contributed by atoms with E-state index in [-0.39, 0.29) is 17.0 Å². The Bertz CT molecular complexity index is 1040. The fraction of sp³-hybridized carbons (Fsp3) is 0.455. The maximum atomic E-state index is 13.0. The summed E-state index contributed by atoms with van der Waals surface area (Å²) in [5, 5.41) is 9.64. The molecule has 0 spiro atoms. The number of nitrogens with zero attached hydrogens (tertiary/aromatic N) is 4. The molecule has 0 saturated carbocycles. The SMILES string of the molecule is C=CCN1C(=O)/C(=C\c2c(C)c(C#N)c(=O)n(CC)c2N2CCCC(C)C2)SC1=S. The first-order valence-corrected chi connectivity index (χ1v) is 11.3. The molecule has 30 heavy (non-hydrogen) atoms. The van der Waals surface area contributed by atoms with Gasteiger partial charge < -0.3 is 4.90 Å². The minimum absolute atomic E-state index is 0.124. The molecular formula is C22H26N4O2S2. The second-order valence-electron chi connectivity index (χ2n) is 7.67. The number of thiocarbonyl (C=S) groups is 1. The van der Waals surface area contributed by atoms with Crippen molar-refractivity contribution in [2.24, 2.45) is 5.92 Å². The van der Waals surface area contributed by atoms with Gasteiger partial charge in [-0.25, -0.2) is 0 Å². The Kier molecular flexibility index (Phi) is 6.84. The van der Waals surface area contributed by atoms with Crippen LogP contribution >= 0.6 is 24.0 Å². The molecule has 1 atom stereocenters. The van der Waals surface area contributed by atoms with E-state index >= 15 is 0 Å². The number of hydrogen-bond acceptors (Lipinski definition) is 6. The molecule has 2 aliphatic heterocycles. The number of pyridine rings is 1. The summed E-state index contributed by atoms with van der Waals surface area (Å²) in [6.45, 7) is 12.1. The molecule has 0 N–H and O–H groups in total. The van der Waals surface area contributed by atoms with Crippen molar-refractivity contribution in [2.45, 2.75) is 40.2 Å². The van der Waals surface area contributed by atoms with Crippen molar-refractivity contribution in [3.05, 3.63) is 44.6 Å². The highest BCUT2D eigenvalue weighted by Gasteiger charge is 2.33. The number of aromatic nitrogens is 1. The Balaban J connectivity index is 2.24. The van der Waals surface area contributed by atoms with Gasteiger partial charge in [0.05, 0.1) is 4.91 Å². The molecule has 2 fully saturated rings. The van der Waals surface area contributed by atoms with Gasteiger partial charge in [0.2, 0.25) is 0 Å². The Morgan fingerprint density at radius 2 is 2.13 bits per heavy atom. The summed E-state index contributed by atoms with van der Waals surface area (Å²) in [6, 6.07) is 2.07. The zero-order chi connectivity index (χ0) is 22.0. The van der Waals surface area contributed by atoms with Crippen LogP contribution in [0.15, 0.2) is 22.4 Å². The van der Waals surface area contributed by atoms with Crippen molar-refractivity contribution < 1.29 is 4.79 Å². The molecule has 0 aromatic carbocycles. The summed E-state index contributed by atoms with van der Waals surface area (Å²) >= 11 is 6.61. The van der Waals surface area contributed by atoms with E-state index in [1.54, 1.807) is 23.6 Å². The monoisotopic (exact) mass is 442 g/mol. The third-order valence-electron chi connectivity index (χ3n) is 5.58. The predicted molar refractivity (Wildman–Crippen MR) is 127 cm³/mol. The van der Waals surface area contributed by atoms with Gasteiger partial charge in [0, 0.05) is 31.7 Å². The van der Waals surface area contributed by atoms with Crippen molar-refractivity contribution in [1.29, 1.82) is 5.26 Å². The minimum atomic E-state index is -0.276. The van der Waals surface area contributed by atoms with Crippen LogP contribution in [-0.4, -0.2) is 39.3 Å². The topological polar surface area (TPSA) is 69.3 Å². The average Bonchev–Trinajstić information content (AvgIpc) is 2.98. The Hall–Kier alpha value is -2.37. The molecule has 1 amide bonds. The van der Waals surface area contributed by atoms with E-state index in [1.165, 1.54) is 16.7 Å². The first-order valence-electron chi connectivity index (χ1n) is 10.1. The smallest absolute Gasteiger partial charge is 0.270 e. The fourth-order valence-electron chi connectivity index (χ4n) is 4.08. The van der Waals surface area contributed by atoms with Crippen LogP contribution in [0.1, 0.15) is 43.4 Å². The summed E-state index contributed by atoms with van der Waals surface area (Å²) in [7, 11) is 0. The van der Waals surface area contributed by atoms with E-state index in [9.17, 15) is 14.9 Å². The highest BCUT2D eigenvalue weighted by molar-refractivity contribution is 8.26. The number of hydrogen-bond donors (Lipinski definition) is 0. The van der Waals surface area contributed by atoms with Gasteiger partial charge in [0.15, 0.2) is 0 Å². The molecule has 158 valence electrons. The lowest BCUT2D eigenvalue weighted by atomic mass is 9.98. The number of carbonyl (C=O) groups is 1. The first kappa shape index (κ1) is 22.3. The van der Waals surface area contributed by atoms with Gasteiger partial charge in [-0.1, -0.05) is 37.0 Å². The van der Waals surface area contributed by atoms with Gasteiger partial charge in [-0.05, 0) is 44.2 Å². The molecular weight excluding hydrogens is 416 g/mol. The second kappa shape index (κ2) is 9.19. The van der Waals surface area contributed by atoms with Gasteiger partial charge >= 0.3 is 0 Å². The average molecular weight is 443 g/mol. The molecule has 2 saturated heterocycles. The number of nitriles is 1. The van der Waals surface area contributed by atoms with Gasteiger partial charge in [-0.15, -0.1) is 6.58 Å². The molecule has 8 heteroatoms. The van der Waals surface area contributed by atoms with Crippen LogP contribution in [-0.2, 0) is 11.3 Å². The van der Waals surface area contributed by atoms with Crippen molar-refractivity contribution >= 4 is 46.1 Å². The zero-order valence-corrected chi connectivity index (χ0v) is 19.2. The van der Waals surface area contributed by atoms with Crippen LogP contribution in [0.4, 0.5) is 5.82 Å². The van der Waals surface area contributed by atoms with Crippen molar-refractivity contribution in [1.82, 2.24) is 9.47 Å². The zero-order valence-electron chi connectivity index (χ0n) is 17.6. The highest BCUT2D eigenvalue weighted by Crippen LogP contribution is 2.36. The summed E-state index contributed by atoms with van der Waals surface area (Å²) in [5.41, 5.74) is 1.20. The van der Waals surface area contributed by atoms with Crippen molar-refractivity contribution in [3.8, 4) is 6.07 Å². The molecule has 2 aliphatic rings. The Labute approximate surface area is 186 Å². The van der Waals surface area contributed by atoms with Crippen molar-refractivity contribution in [3.63, 3.8) is 0 Å². The molecule has 3 rings (SSSR count). The standard InChI is InChI=1S/C22H26N4O2S2/c1-5-9-26-21(28)18(30-22(26)29)11-16-15(4)17(12-23)20(27)25(6-2)19(16)24-10-7-8-14(3)13-24/h5,11,14H,1,6-10,13H2,2-4H3/b18-11+. The lowest BCUT2D eigenvalue weighted by molar-refractivity contribution is -0.121. The van der Waals surface area contributed by atoms with Crippen LogP contribution in [0.5, 0.6) is 0 Å². The van der Waals surface area contributed by atoms with E-state index in [1.807, 2.05) is 6.92 Å². The number of rotatable bonds is 5. The number of piperidine rings is 1. The van der Waals surface area contributed by atoms with E-state index < -0.39 is 0 Å².